The van der Waals surface area contributed by atoms with Gasteiger partial charge in [-0.05, 0) is 93.1 Å². The fraction of sp³-hybridized carbons (Fsp3) is 0.517. The van der Waals surface area contributed by atoms with Crippen LogP contribution in [0.4, 0.5) is 4.39 Å². The van der Waals surface area contributed by atoms with Crippen molar-refractivity contribution in [3.8, 4) is 11.5 Å². The van der Waals surface area contributed by atoms with E-state index >= 15 is 0 Å². The van der Waals surface area contributed by atoms with Gasteiger partial charge >= 0.3 is 0 Å². The molecule has 0 aromatic heterocycles. The average Bonchev–Trinajstić information content (AvgIpc) is 2.92. The van der Waals surface area contributed by atoms with Gasteiger partial charge in [-0.2, -0.15) is 0 Å². The van der Waals surface area contributed by atoms with Crippen LogP contribution in [0.15, 0.2) is 48.5 Å². The molecular formula is C29H39FN2O5. The highest BCUT2D eigenvalue weighted by atomic mass is 18.2. The van der Waals surface area contributed by atoms with Crippen LogP contribution in [0.3, 0.4) is 0 Å². The molecule has 0 spiro atoms. The zero-order chi connectivity index (χ0) is 26.3. The molecule has 1 unspecified atom stereocenters. The van der Waals surface area contributed by atoms with Crippen LogP contribution in [0.25, 0.3) is 0 Å². The number of hydrogen-bond donors (Lipinski definition) is 2. The van der Waals surface area contributed by atoms with Crippen LogP contribution < -0.4 is 20.1 Å². The number of ketones is 1. The molecule has 0 saturated carbocycles. The van der Waals surface area contributed by atoms with Crippen LogP contribution in [0.1, 0.15) is 54.4 Å². The summed E-state index contributed by atoms with van der Waals surface area (Å²) >= 11 is 0. The third-order valence-corrected chi connectivity index (χ3v) is 6.45. The molecule has 1 atom stereocenters. The highest BCUT2D eigenvalue weighted by Gasteiger charge is 2.21. The predicted molar refractivity (Wildman–Crippen MR) is 141 cm³/mol. The maximum atomic E-state index is 12.2. The number of rotatable bonds is 16. The SMILES string of the molecule is CC(=O)CC(CC1CCNCC1)c1ccc(OCCOCCNC(=O)c2ccc(OCC[18F])cc2)cc1. The Hall–Kier alpha value is -2.97. The minimum atomic E-state index is -0.555. The minimum Gasteiger partial charge on any atom is -0.491 e. The molecule has 202 valence electrons. The highest BCUT2D eigenvalue weighted by Crippen LogP contribution is 2.32. The molecule has 0 bridgehead atoms. The first-order valence-electron chi connectivity index (χ1n) is 13.1. The zero-order valence-corrected chi connectivity index (χ0v) is 21.7. The van der Waals surface area contributed by atoms with E-state index in [9.17, 15) is 14.0 Å². The molecule has 37 heavy (non-hydrogen) atoms. The summed E-state index contributed by atoms with van der Waals surface area (Å²) in [5, 5.41) is 6.20. The monoisotopic (exact) mass is 513 g/mol. The lowest BCUT2D eigenvalue weighted by Crippen LogP contribution is -2.28. The second-order valence-corrected chi connectivity index (χ2v) is 9.38. The quantitative estimate of drug-likeness (QED) is 0.325. The van der Waals surface area contributed by atoms with Crippen molar-refractivity contribution >= 4 is 11.7 Å². The van der Waals surface area contributed by atoms with Crippen LogP contribution in [-0.4, -0.2) is 64.4 Å². The highest BCUT2D eigenvalue weighted by molar-refractivity contribution is 5.94. The second-order valence-electron chi connectivity index (χ2n) is 9.38. The number of alkyl halides is 1. The summed E-state index contributed by atoms with van der Waals surface area (Å²) in [6, 6.07) is 14.6. The molecule has 1 aliphatic heterocycles. The number of halogens is 1. The Balaban J connectivity index is 1.32. The summed E-state index contributed by atoms with van der Waals surface area (Å²) in [4.78, 5) is 24.0. The summed E-state index contributed by atoms with van der Waals surface area (Å²) in [5.74, 6) is 2.23. The molecule has 0 radical (unpaired) electrons. The van der Waals surface area contributed by atoms with E-state index in [4.69, 9.17) is 14.2 Å². The number of ether oxygens (including phenoxy) is 3. The predicted octanol–water partition coefficient (Wildman–Crippen LogP) is 4.31. The Morgan fingerprint density at radius 3 is 2.24 bits per heavy atom. The molecular weight excluding hydrogens is 474 g/mol. The van der Waals surface area contributed by atoms with Crippen LogP contribution in [0.5, 0.6) is 11.5 Å². The Morgan fingerprint density at radius 2 is 1.59 bits per heavy atom. The van der Waals surface area contributed by atoms with E-state index in [1.165, 1.54) is 18.4 Å². The van der Waals surface area contributed by atoms with Gasteiger partial charge in [-0.1, -0.05) is 12.1 Å². The van der Waals surface area contributed by atoms with Crippen molar-refractivity contribution in [2.75, 3.05) is 52.7 Å². The normalized spacial score (nSPS) is 14.6. The Bertz CT molecular complexity index is 946. The molecule has 1 fully saturated rings. The van der Waals surface area contributed by atoms with Crippen molar-refractivity contribution in [1.82, 2.24) is 10.6 Å². The maximum absolute atomic E-state index is 12.2. The van der Waals surface area contributed by atoms with E-state index in [1.807, 2.05) is 12.1 Å². The Labute approximate surface area is 219 Å². The number of carbonyl (C=O) groups is 2. The number of amides is 1. The fourth-order valence-corrected chi connectivity index (χ4v) is 4.56. The van der Waals surface area contributed by atoms with Gasteiger partial charge in [0.1, 0.15) is 37.2 Å². The summed E-state index contributed by atoms with van der Waals surface area (Å²) in [7, 11) is 0. The van der Waals surface area contributed by atoms with E-state index in [-0.39, 0.29) is 24.2 Å². The maximum Gasteiger partial charge on any atom is 0.251 e. The topological polar surface area (TPSA) is 85.9 Å². The minimum absolute atomic E-state index is 0.00186. The molecule has 1 heterocycles. The molecule has 2 aromatic carbocycles. The lowest BCUT2D eigenvalue weighted by atomic mass is 9.82. The van der Waals surface area contributed by atoms with Crippen molar-refractivity contribution < 1.29 is 28.2 Å². The lowest BCUT2D eigenvalue weighted by Gasteiger charge is -2.27. The summed E-state index contributed by atoms with van der Waals surface area (Å²) in [6.07, 6.45) is 3.97. The van der Waals surface area contributed by atoms with Crippen molar-refractivity contribution in [2.45, 2.75) is 38.5 Å². The van der Waals surface area contributed by atoms with Crippen molar-refractivity contribution in [3.63, 3.8) is 0 Å². The van der Waals surface area contributed by atoms with E-state index in [1.54, 1.807) is 31.2 Å². The zero-order valence-electron chi connectivity index (χ0n) is 21.7. The average molecular weight is 514 g/mol. The van der Waals surface area contributed by atoms with Gasteiger partial charge in [0.15, 0.2) is 0 Å². The van der Waals surface area contributed by atoms with Crippen LogP contribution in [-0.2, 0) is 9.53 Å². The fourth-order valence-electron chi connectivity index (χ4n) is 4.56. The van der Waals surface area contributed by atoms with Crippen LogP contribution >= 0.6 is 0 Å². The van der Waals surface area contributed by atoms with Crippen molar-refractivity contribution in [3.05, 3.63) is 59.7 Å². The molecule has 3 rings (SSSR count). The van der Waals surface area contributed by atoms with Gasteiger partial charge in [0.2, 0.25) is 0 Å². The molecule has 0 aliphatic carbocycles. The number of Topliss-reactive ketones (excluding diaryl/α,β-unsaturated/α-hetero) is 1. The summed E-state index contributed by atoms with van der Waals surface area (Å²) in [6.45, 7) is 4.79. The Kier molecular flexibility index (Phi) is 12.4. The van der Waals surface area contributed by atoms with E-state index < -0.39 is 6.67 Å². The van der Waals surface area contributed by atoms with Gasteiger partial charge < -0.3 is 29.6 Å². The molecule has 2 aromatic rings. The van der Waals surface area contributed by atoms with Gasteiger partial charge in [0, 0.05) is 18.5 Å². The van der Waals surface area contributed by atoms with Crippen molar-refractivity contribution in [2.24, 2.45) is 5.92 Å². The number of piperidine rings is 1. The first-order valence-corrected chi connectivity index (χ1v) is 13.1. The molecule has 1 saturated heterocycles. The molecule has 2 N–H and O–H groups in total. The third-order valence-electron chi connectivity index (χ3n) is 6.45. The van der Waals surface area contributed by atoms with Crippen LogP contribution in [0, 0.1) is 5.92 Å². The van der Waals surface area contributed by atoms with E-state index in [0.717, 1.165) is 25.3 Å². The van der Waals surface area contributed by atoms with Gasteiger partial charge in [-0.3, -0.25) is 4.79 Å². The van der Waals surface area contributed by atoms with E-state index in [0.29, 0.717) is 50.0 Å². The van der Waals surface area contributed by atoms with E-state index in [2.05, 4.69) is 22.8 Å². The van der Waals surface area contributed by atoms with Gasteiger partial charge in [0.05, 0.1) is 13.2 Å². The third kappa shape index (κ3) is 10.5. The number of hydrogen-bond acceptors (Lipinski definition) is 6. The number of nitrogens with one attached hydrogen (secondary N) is 2. The first-order chi connectivity index (χ1) is 18.0. The smallest absolute Gasteiger partial charge is 0.251 e. The first kappa shape index (κ1) is 28.6. The standard InChI is InChI=1S/C29H39FN2O5/c1-22(33)20-26(21-23-10-13-31-14-11-23)24-2-6-28(7-3-24)37-19-18-35-17-15-32-29(34)25-4-8-27(9-5-25)36-16-12-30/h2-9,23,26,31H,10-21H2,1H3,(H,32,34)/i30-1. The summed E-state index contributed by atoms with van der Waals surface area (Å²) in [5.41, 5.74) is 1.69. The van der Waals surface area contributed by atoms with Crippen molar-refractivity contribution in [1.29, 1.82) is 0 Å². The summed E-state index contributed by atoms with van der Waals surface area (Å²) < 4.78 is 28.7. The number of benzene rings is 2. The molecule has 1 aliphatic rings. The lowest BCUT2D eigenvalue weighted by molar-refractivity contribution is -0.117. The van der Waals surface area contributed by atoms with Gasteiger partial charge in [-0.15, -0.1) is 0 Å². The number of carbonyl (C=O) groups excluding carboxylic acids is 2. The largest absolute Gasteiger partial charge is 0.491 e. The molecule has 7 nitrogen and oxygen atoms in total. The Morgan fingerprint density at radius 1 is 0.946 bits per heavy atom. The molecule has 8 heteroatoms. The van der Waals surface area contributed by atoms with Gasteiger partial charge in [-0.25, -0.2) is 4.39 Å². The second kappa shape index (κ2) is 16.0. The van der Waals surface area contributed by atoms with Crippen LogP contribution in [0.2, 0.25) is 0 Å². The van der Waals surface area contributed by atoms with Gasteiger partial charge in [0.25, 0.3) is 5.91 Å². The molecule has 1 amide bonds.